The molecule has 1 fully saturated rings. The van der Waals surface area contributed by atoms with Crippen LogP contribution < -0.4 is 5.32 Å². The molecule has 2 heteroatoms. The molecule has 84 valence electrons. The second-order valence-electron chi connectivity index (χ2n) is 4.96. The average Bonchev–Trinajstić information content (AvgIpc) is 2.47. The Bertz CT molecular complexity index is 148. The fourth-order valence-electron chi connectivity index (χ4n) is 2.15. The minimum atomic E-state index is 0.703. The first-order chi connectivity index (χ1) is 6.65. The second-order valence-corrected chi connectivity index (χ2v) is 4.96. The van der Waals surface area contributed by atoms with E-state index < -0.39 is 0 Å². The van der Waals surface area contributed by atoms with Crippen molar-refractivity contribution in [1.82, 2.24) is 10.2 Å². The first-order valence-corrected chi connectivity index (χ1v) is 6.09. The highest BCUT2D eigenvalue weighted by Gasteiger charge is 2.28. The summed E-state index contributed by atoms with van der Waals surface area (Å²) in [4.78, 5) is 2.62. The van der Waals surface area contributed by atoms with Crippen LogP contribution in [0.1, 0.15) is 34.1 Å². The lowest BCUT2D eigenvalue weighted by atomic mass is 10.0. The van der Waals surface area contributed by atoms with Crippen LogP contribution in [0.5, 0.6) is 0 Å². The number of hydrogen-bond acceptors (Lipinski definition) is 2. The van der Waals surface area contributed by atoms with Crippen molar-refractivity contribution in [3.8, 4) is 0 Å². The van der Waals surface area contributed by atoms with E-state index in [0.717, 1.165) is 24.9 Å². The van der Waals surface area contributed by atoms with E-state index in [2.05, 4.69) is 37.9 Å². The van der Waals surface area contributed by atoms with Gasteiger partial charge in [-0.1, -0.05) is 20.8 Å². The largest absolute Gasteiger partial charge is 0.315 e. The van der Waals surface area contributed by atoms with Gasteiger partial charge >= 0.3 is 0 Å². The van der Waals surface area contributed by atoms with Gasteiger partial charge < -0.3 is 5.32 Å². The molecule has 1 N–H and O–H groups in total. The highest BCUT2D eigenvalue weighted by Crippen LogP contribution is 2.23. The van der Waals surface area contributed by atoms with Crippen molar-refractivity contribution in [1.29, 1.82) is 0 Å². The molecular weight excluding hydrogens is 172 g/mol. The fraction of sp³-hybridized carbons (Fsp3) is 1.00. The van der Waals surface area contributed by atoms with Crippen molar-refractivity contribution >= 4 is 0 Å². The molecule has 2 nitrogen and oxygen atoms in total. The van der Waals surface area contributed by atoms with Crippen molar-refractivity contribution in [3.63, 3.8) is 0 Å². The number of hydrogen-bond donors (Lipinski definition) is 1. The molecule has 3 unspecified atom stereocenters. The van der Waals surface area contributed by atoms with Gasteiger partial charge in [0.15, 0.2) is 0 Å². The van der Waals surface area contributed by atoms with Gasteiger partial charge in [0.1, 0.15) is 0 Å². The summed E-state index contributed by atoms with van der Waals surface area (Å²) < 4.78 is 0. The maximum Gasteiger partial charge on any atom is 0.0192 e. The van der Waals surface area contributed by atoms with Crippen LogP contribution in [-0.4, -0.2) is 37.1 Å². The Kier molecular flexibility index (Phi) is 4.90. The van der Waals surface area contributed by atoms with Gasteiger partial charge in [0.05, 0.1) is 0 Å². The predicted octanol–water partition coefficient (Wildman–Crippen LogP) is 1.96. The summed E-state index contributed by atoms with van der Waals surface area (Å²) in [6.45, 7) is 14.2. The lowest BCUT2D eigenvalue weighted by Crippen LogP contribution is -2.39. The Balaban J connectivity index is 2.21. The van der Waals surface area contributed by atoms with E-state index in [-0.39, 0.29) is 0 Å². The van der Waals surface area contributed by atoms with Gasteiger partial charge in [0.2, 0.25) is 0 Å². The van der Waals surface area contributed by atoms with Crippen LogP contribution in [0.4, 0.5) is 0 Å². The lowest BCUT2D eigenvalue weighted by Gasteiger charge is -2.24. The molecular formula is C12H26N2. The SMILES string of the molecule is CCCNCC(C)N1CC(C)C(C)C1. The lowest BCUT2D eigenvalue weighted by molar-refractivity contribution is 0.241. The standard InChI is InChI=1S/C12H26N2/c1-5-6-13-7-12(4)14-8-10(2)11(3)9-14/h10-13H,5-9H2,1-4H3. The molecule has 1 heterocycles. The van der Waals surface area contributed by atoms with Gasteiger partial charge in [0.25, 0.3) is 0 Å². The van der Waals surface area contributed by atoms with E-state index in [1.54, 1.807) is 0 Å². The van der Waals surface area contributed by atoms with Crippen LogP contribution in [0.2, 0.25) is 0 Å². The van der Waals surface area contributed by atoms with Gasteiger partial charge in [-0.25, -0.2) is 0 Å². The van der Waals surface area contributed by atoms with Gasteiger partial charge in [-0.15, -0.1) is 0 Å². The third kappa shape index (κ3) is 3.25. The molecule has 3 atom stereocenters. The fourth-order valence-corrected chi connectivity index (χ4v) is 2.15. The Morgan fingerprint density at radius 1 is 1.29 bits per heavy atom. The average molecular weight is 198 g/mol. The monoisotopic (exact) mass is 198 g/mol. The van der Waals surface area contributed by atoms with Gasteiger partial charge in [-0.2, -0.15) is 0 Å². The Morgan fingerprint density at radius 3 is 2.36 bits per heavy atom. The number of rotatable bonds is 5. The number of nitrogens with zero attached hydrogens (tertiary/aromatic N) is 1. The van der Waals surface area contributed by atoms with Crippen LogP contribution >= 0.6 is 0 Å². The summed E-state index contributed by atoms with van der Waals surface area (Å²) in [5, 5.41) is 3.50. The Hall–Kier alpha value is -0.0800. The minimum Gasteiger partial charge on any atom is -0.315 e. The van der Waals surface area contributed by atoms with Crippen molar-refractivity contribution in [2.24, 2.45) is 11.8 Å². The van der Waals surface area contributed by atoms with Crippen LogP contribution in [-0.2, 0) is 0 Å². The third-order valence-corrected chi connectivity index (χ3v) is 3.51. The van der Waals surface area contributed by atoms with Crippen LogP contribution in [0.3, 0.4) is 0 Å². The van der Waals surface area contributed by atoms with Crippen molar-refractivity contribution in [2.75, 3.05) is 26.2 Å². The summed E-state index contributed by atoms with van der Waals surface area (Å²) in [5.41, 5.74) is 0. The van der Waals surface area contributed by atoms with E-state index >= 15 is 0 Å². The van der Waals surface area contributed by atoms with Gasteiger partial charge in [-0.05, 0) is 31.7 Å². The molecule has 1 rings (SSSR count). The molecule has 0 bridgehead atoms. The smallest absolute Gasteiger partial charge is 0.0192 e. The molecule has 0 spiro atoms. The molecule has 1 aliphatic rings. The summed E-state index contributed by atoms with van der Waals surface area (Å²) in [6.07, 6.45) is 1.24. The first-order valence-electron chi connectivity index (χ1n) is 6.09. The Labute approximate surface area is 89.1 Å². The molecule has 1 saturated heterocycles. The minimum absolute atomic E-state index is 0.703. The molecule has 0 aromatic rings. The Morgan fingerprint density at radius 2 is 1.86 bits per heavy atom. The zero-order valence-electron chi connectivity index (χ0n) is 10.2. The van der Waals surface area contributed by atoms with E-state index in [1.165, 1.54) is 19.5 Å². The molecule has 1 aliphatic heterocycles. The molecule has 0 aromatic carbocycles. The zero-order valence-corrected chi connectivity index (χ0v) is 10.2. The van der Waals surface area contributed by atoms with Gasteiger partial charge in [-0.3, -0.25) is 4.90 Å². The second kappa shape index (κ2) is 5.72. The normalized spacial score (nSPS) is 30.9. The molecule has 0 aromatic heterocycles. The van der Waals surface area contributed by atoms with E-state index in [0.29, 0.717) is 6.04 Å². The van der Waals surface area contributed by atoms with Crippen LogP contribution in [0, 0.1) is 11.8 Å². The third-order valence-electron chi connectivity index (χ3n) is 3.51. The molecule has 0 aliphatic carbocycles. The summed E-state index contributed by atoms with van der Waals surface area (Å²) in [6, 6.07) is 0.703. The topological polar surface area (TPSA) is 15.3 Å². The molecule has 0 radical (unpaired) electrons. The van der Waals surface area contributed by atoms with E-state index in [9.17, 15) is 0 Å². The summed E-state index contributed by atoms with van der Waals surface area (Å²) >= 11 is 0. The quantitative estimate of drug-likeness (QED) is 0.679. The zero-order chi connectivity index (χ0) is 10.6. The summed E-state index contributed by atoms with van der Waals surface area (Å²) in [5.74, 6) is 1.76. The van der Waals surface area contributed by atoms with E-state index in [4.69, 9.17) is 0 Å². The molecule has 14 heavy (non-hydrogen) atoms. The van der Waals surface area contributed by atoms with Crippen molar-refractivity contribution < 1.29 is 0 Å². The maximum atomic E-state index is 3.50. The van der Waals surface area contributed by atoms with Gasteiger partial charge in [0, 0.05) is 25.7 Å². The highest BCUT2D eigenvalue weighted by molar-refractivity contribution is 4.82. The van der Waals surface area contributed by atoms with Crippen LogP contribution in [0.15, 0.2) is 0 Å². The molecule has 0 saturated carbocycles. The highest BCUT2D eigenvalue weighted by atomic mass is 15.2. The first kappa shape index (κ1) is 12.0. The van der Waals surface area contributed by atoms with Crippen molar-refractivity contribution in [2.45, 2.75) is 40.2 Å². The van der Waals surface area contributed by atoms with Crippen LogP contribution in [0.25, 0.3) is 0 Å². The summed E-state index contributed by atoms with van der Waals surface area (Å²) in [7, 11) is 0. The molecule has 0 amide bonds. The predicted molar refractivity (Wildman–Crippen MR) is 62.5 cm³/mol. The van der Waals surface area contributed by atoms with Crippen molar-refractivity contribution in [3.05, 3.63) is 0 Å². The van der Waals surface area contributed by atoms with E-state index in [1.807, 2.05) is 0 Å². The maximum absolute atomic E-state index is 3.50. The number of likely N-dealkylation sites (tertiary alicyclic amines) is 1. The number of nitrogens with one attached hydrogen (secondary N) is 1.